The summed E-state index contributed by atoms with van der Waals surface area (Å²) in [5.41, 5.74) is 1.12. The minimum atomic E-state index is -0.984. The van der Waals surface area contributed by atoms with Crippen LogP contribution in [0.15, 0.2) is 30.3 Å². The maximum Gasteiger partial charge on any atom is 0.167 e. The summed E-state index contributed by atoms with van der Waals surface area (Å²) in [5, 5.41) is 0. The van der Waals surface area contributed by atoms with E-state index in [4.69, 9.17) is 4.74 Å². The minimum absolute atomic E-state index is 0.0398. The lowest BCUT2D eigenvalue weighted by molar-refractivity contribution is -0.0182. The Kier molecular flexibility index (Phi) is 6.02. The number of ether oxygens (including phenoxy) is 1. The van der Waals surface area contributed by atoms with E-state index in [0.29, 0.717) is 24.5 Å². The van der Waals surface area contributed by atoms with Gasteiger partial charge in [-0.25, -0.2) is 13.2 Å². The molecule has 1 nitrogen and oxygen atoms in total. The molecule has 1 aliphatic rings. The van der Waals surface area contributed by atoms with E-state index in [1.807, 2.05) is 6.92 Å². The van der Waals surface area contributed by atoms with Crippen LogP contribution in [-0.4, -0.2) is 6.61 Å². The van der Waals surface area contributed by atoms with Crippen LogP contribution in [0.3, 0.4) is 0 Å². The van der Waals surface area contributed by atoms with Crippen molar-refractivity contribution < 1.29 is 17.9 Å². The van der Waals surface area contributed by atoms with Crippen LogP contribution in [0.4, 0.5) is 13.2 Å². The van der Waals surface area contributed by atoms with Crippen molar-refractivity contribution in [2.24, 2.45) is 5.92 Å². The van der Waals surface area contributed by atoms with Gasteiger partial charge in [-0.3, -0.25) is 0 Å². The molecule has 0 bridgehead atoms. The fourth-order valence-electron chi connectivity index (χ4n) is 3.60. The van der Waals surface area contributed by atoms with Crippen molar-refractivity contribution in [2.75, 3.05) is 6.61 Å². The van der Waals surface area contributed by atoms with Crippen molar-refractivity contribution in [3.63, 3.8) is 0 Å². The number of benzene rings is 2. The van der Waals surface area contributed by atoms with E-state index in [9.17, 15) is 13.2 Å². The summed E-state index contributed by atoms with van der Waals surface area (Å²) >= 11 is 0. The summed E-state index contributed by atoms with van der Waals surface area (Å²) in [7, 11) is 0. The van der Waals surface area contributed by atoms with Crippen LogP contribution >= 0.6 is 0 Å². The highest BCUT2D eigenvalue weighted by Gasteiger charge is 2.23. The molecule has 2 aromatic rings. The fourth-order valence-corrected chi connectivity index (χ4v) is 3.60. The molecule has 0 aromatic heterocycles. The second-order valence-corrected chi connectivity index (χ2v) is 7.06. The van der Waals surface area contributed by atoms with Crippen molar-refractivity contribution in [2.45, 2.75) is 52.1 Å². The van der Waals surface area contributed by atoms with Crippen molar-refractivity contribution >= 4 is 0 Å². The van der Waals surface area contributed by atoms with E-state index < -0.39 is 17.5 Å². The van der Waals surface area contributed by atoms with E-state index in [2.05, 4.69) is 6.92 Å². The molecule has 2 aromatic carbocycles. The van der Waals surface area contributed by atoms with Gasteiger partial charge in [0.15, 0.2) is 11.6 Å². The molecule has 26 heavy (non-hydrogen) atoms. The van der Waals surface area contributed by atoms with Crippen molar-refractivity contribution in [3.05, 3.63) is 58.9 Å². The molecule has 0 amide bonds. The third kappa shape index (κ3) is 3.80. The maximum atomic E-state index is 14.6. The molecular weight excluding hydrogens is 337 g/mol. The Labute approximate surface area is 153 Å². The molecule has 0 spiro atoms. The zero-order chi connectivity index (χ0) is 18.7. The predicted octanol–water partition coefficient (Wildman–Crippen LogP) is 6.60. The number of halogens is 3. The molecule has 2 atom stereocenters. The monoisotopic (exact) mass is 362 g/mol. The van der Waals surface area contributed by atoms with E-state index in [1.54, 1.807) is 12.1 Å². The number of hydrogen-bond acceptors (Lipinski definition) is 1. The zero-order valence-electron chi connectivity index (χ0n) is 15.3. The molecule has 1 fully saturated rings. The summed E-state index contributed by atoms with van der Waals surface area (Å²) in [5.74, 6) is -1.85. The summed E-state index contributed by atoms with van der Waals surface area (Å²) in [6, 6.07) is 7.68. The minimum Gasteiger partial charge on any atom is -0.373 e. The fraction of sp³-hybridized carbons (Fsp3) is 0.455. The van der Waals surface area contributed by atoms with Crippen LogP contribution in [0.25, 0.3) is 11.1 Å². The second-order valence-electron chi connectivity index (χ2n) is 7.06. The Bertz CT molecular complexity index is 764. The third-order valence-electron chi connectivity index (χ3n) is 5.28. The first kappa shape index (κ1) is 19.0. The molecule has 2 unspecified atom stereocenters. The lowest BCUT2D eigenvalue weighted by atomic mass is 9.92. The molecule has 140 valence electrons. The lowest BCUT2D eigenvalue weighted by Crippen LogP contribution is -2.20. The Morgan fingerprint density at radius 1 is 0.962 bits per heavy atom. The highest BCUT2D eigenvalue weighted by atomic mass is 19.2. The normalized spacial score (nSPS) is 20.3. The van der Waals surface area contributed by atoms with Crippen LogP contribution in [0.2, 0.25) is 0 Å². The van der Waals surface area contributed by atoms with E-state index in [-0.39, 0.29) is 17.2 Å². The van der Waals surface area contributed by atoms with Gasteiger partial charge in [0.25, 0.3) is 0 Å². The van der Waals surface area contributed by atoms with E-state index in [1.165, 1.54) is 18.2 Å². The van der Waals surface area contributed by atoms with Gasteiger partial charge >= 0.3 is 0 Å². The predicted molar refractivity (Wildman–Crippen MR) is 97.5 cm³/mol. The van der Waals surface area contributed by atoms with Crippen LogP contribution in [0.5, 0.6) is 0 Å². The van der Waals surface area contributed by atoms with Gasteiger partial charge in [0.2, 0.25) is 0 Å². The van der Waals surface area contributed by atoms with Crippen molar-refractivity contribution in [1.29, 1.82) is 0 Å². The standard InChI is InChI=1S/C22H25F3O/c1-3-5-15-7-10-18(22(25)21(15)24)17-9-8-16(12-19(17)23)20-11-6-14(4-2)13-26-20/h7-10,12,14,20H,3-6,11,13H2,1-2H3. The maximum absolute atomic E-state index is 14.6. The lowest BCUT2D eigenvalue weighted by Gasteiger charge is -2.28. The Morgan fingerprint density at radius 2 is 1.73 bits per heavy atom. The van der Waals surface area contributed by atoms with Gasteiger partial charge in [0.05, 0.1) is 12.7 Å². The highest BCUT2D eigenvalue weighted by molar-refractivity contribution is 5.66. The molecule has 1 saturated heterocycles. The summed E-state index contributed by atoms with van der Waals surface area (Å²) in [6.45, 7) is 4.73. The molecule has 0 N–H and O–H groups in total. The third-order valence-corrected chi connectivity index (χ3v) is 5.28. The summed E-state index contributed by atoms with van der Waals surface area (Å²) < 4.78 is 49.1. The molecule has 1 aliphatic heterocycles. The Balaban J connectivity index is 1.85. The van der Waals surface area contributed by atoms with Gasteiger partial charge in [0.1, 0.15) is 5.82 Å². The first-order chi connectivity index (χ1) is 12.5. The van der Waals surface area contributed by atoms with Gasteiger partial charge in [0, 0.05) is 11.1 Å². The Hall–Kier alpha value is -1.81. The van der Waals surface area contributed by atoms with Gasteiger partial charge < -0.3 is 4.74 Å². The number of rotatable bonds is 5. The molecule has 1 heterocycles. The number of aryl methyl sites for hydroxylation is 1. The van der Waals surface area contributed by atoms with Gasteiger partial charge in [-0.05, 0) is 42.4 Å². The SMILES string of the molecule is CCCc1ccc(-c2ccc(C3CCC(CC)CO3)cc2F)c(F)c1F. The van der Waals surface area contributed by atoms with Gasteiger partial charge in [-0.15, -0.1) is 0 Å². The van der Waals surface area contributed by atoms with Crippen LogP contribution in [-0.2, 0) is 11.2 Å². The van der Waals surface area contributed by atoms with Crippen LogP contribution in [0, 0.1) is 23.4 Å². The highest BCUT2D eigenvalue weighted by Crippen LogP contribution is 2.35. The quantitative estimate of drug-likeness (QED) is 0.582. The first-order valence-corrected chi connectivity index (χ1v) is 9.43. The molecular formula is C22H25F3O. The molecule has 4 heteroatoms. The Morgan fingerprint density at radius 3 is 2.35 bits per heavy atom. The molecule has 0 radical (unpaired) electrons. The molecule has 0 aliphatic carbocycles. The topological polar surface area (TPSA) is 9.23 Å². The zero-order valence-corrected chi connectivity index (χ0v) is 15.3. The van der Waals surface area contributed by atoms with Gasteiger partial charge in [-0.2, -0.15) is 0 Å². The molecule has 3 rings (SSSR count). The average molecular weight is 362 g/mol. The van der Waals surface area contributed by atoms with E-state index >= 15 is 0 Å². The summed E-state index contributed by atoms with van der Waals surface area (Å²) in [4.78, 5) is 0. The van der Waals surface area contributed by atoms with Crippen LogP contribution < -0.4 is 0 Å². The van der Waals surface area contributed by atoms with Crippen molar-refractivity contribution in [1.82, 2.24) is 0 Å². The molecule has 0 saturated carbocycles. The largest absolute Gasteiger partial charge is 0.373 e. The number of hydrogen-bond donors (Lipinski definition) is 0. The van der Waals surface area contributed by atoms with E-state index in [0.717, 1.165) is 31.2 Å². The average Bonchev–Trinajstić information content (AvgIpc) is 2.66. The first-order valence-electron chi connectivity index (χ1n) is 9.43. The van der Waals surface area contributed by atoms with Crippen molar-refractivity contribution in [3.8, 4) is 11.1 Å². The summed E-state index contributed by atoms with van der Waals surface area (Å²) in [6.07, 6.45) is 4.05. The second kappa shape index (κ2) is 8.26. The van der Waals surface area contributed by atoms with Gasteiger partial charge in [-0.1, -0.05) is 51.0 Å². The van der Waals surface area contributed by atoms with Crippen LogP contribution in [0.1, 0.15) is 56.8 Å². The smallest absolute Gasteiger partial charge is 0.167 e.